The molecule has 12 nitrogen and oxygen atoms in total. The Morgan fingerprint density at radius 2 is 2.03 bits per heavy atom. The van der Waals surface area contributed by atoms with E-state index in [0.29, 0.717) is 18.3 Å². The van der Waals surface area contributed by atoms with Gasteiger partial charge in [-0.05, 0) is 18.6 Å². The van der Waals surface area contributed by atoms with Crippen LogP contribution in [0.2, 0.25) is 0 Å². The number of carboxylic acids is 1. The zero-order valence-corrected chi connectivity index (χ0v) is 20.0. The predicted molar refractivity (Wildman–Crippen MR) is 125 cm³/mol. The lowest BCUT2D eigenvalue weighted by Gasteiger charge is -2.17. The Labute approximate surface area is 209 Å². The molecule has 15 heteroatoms. The molecule has 0 fully saturated rings. The van der Waals surface area contributed by atoms with Crippen LogP contribution in [0.4, 0.5) is 4.79 Å². The van der Waals surface area contributed by atoms with Crippen molar-refractivity contribution in [2.24, 2.45) is 4.99 Å². The summed E-state index contributed by atoms with van der Waals surface area (Å²) in [4.78, 5) is 39.6. The minimum Gasteiger partial charge on any atom is -0.507 e. The summed E-state index contributed by atoms with van der Waals surface area (Å²) in [6.45, 7) is 1.27. The molecule has 0 bridgehead atoms. The lowest BCUT2D eigenvalue weighted by atomic mass is 10.1. The Morgan fingerprint density at radius 3 is 2.65 bits per heavy atom. The number of carbonyl (C=O) groups excluding carboxylic acids is 2. The first-order chi connectivity index (χ1) is 16.0. The van der Waals surface area contributed by atoms with E-state index < -0.39 is 41.0 Å². The number of rotatable bonds is 10. The zero-order chi connectivity index (χ0) is 25.1. The van der Waals surface area contributed by atoms with Crippen molar-refractivity contribution >= 4 is 58.7 Å². The van der Waals surface area contributed by atoms with E-state index >= 15 is 0 Å². The average molecular weight is 541 g/mol. The van der Waals surface area contributed by atoms with Crippen LogP contribution in [0.3, 0.4) is 0 Å². The number of aliphatic carboxylic acids is 1. The van der Waals surface area contributed by atoms with Gasteiger partial charge in [0.1, 0.15) is 30.8 Å². The van der Waals surface area contributed by atoms with Gasteiger partial charge in [0, 0.05) is 25.7 Å². The zero-order valence-electron chi connectivity index (χ0n) is 17.8. The highest BCUT2D eigenvalue weighted by molar-refractivity contribution is 6.67. The molecular weight excluding hydrogens is 517 g/mol. The fourth-order valence-electron chi connectivity index (χ4n) is 2.60. The monoisotopic (exact) mass is 539 g/mol. The summed E-state index contributed by atoms with van der Waals surface area (Å²) in [6, 6.07) is 2.52. The molecule has 1 aliphatic rings. The molecule has 1 aliphatic heterocycles. The predicted octanol–water partition coefficient (Wildman–Crippen LogP) is 0.989. The van der Waals surface area contributed by atoms with Gasteiger partial charge < -0.3 is 41.0 Å². The van der Waals surface area contributed by atoms with Gasteiger partial charge in [0.25, 0.3) is 5.91 Å². The molecule has 34 heavy (non-hydrogen) atoms. The number of carbonyl (C=O) groups is 3. The van der Waals surface area contributed by atoms with Crippen LogP contribution in [0.1, 0.15) is 16.8 Å². The molecule has 0 radical (unpaired) electrons. The molecule has 0 aliphatic carbocycles. The number of ether oxygens (including phenoxy) is 2. The fourth-order valence-corrected chi connectivity index (χ4v) is 2.77. The Bertz CT molecular complexity index is 911. The topological polar surface area (TPSA) is 171 Å². The van der Waals surface area contributed by atoms with Gasteiger partial charge in [-0.2, -0.15) is 0 Å². The molecule has 1 aromatic rings. The number of carboxylic acid groups (broad SMARTS) is 1. The van der Waals surface area contributed by atoms with Gasteiger partial charge in [-0.1, -0.05) is 34.8 Å². The number of aromatic hydroxyl groups is 1. The van der Waals surface area contributed by atoms with Crippen molar-refractivity contribution < 1.29 is 34.1 Å². The van der Waals surface area contributed by atoms with Gasteiger partial charge >= 0.3 is 12.1 Å². The standard InChI is InChI=1S/C19H24Cl3N5O7/c20-19(21,22)10-34-18(32)27-13(16(30)31)9-26-15(29)12-3-2-11(8-14(12)28)33-7-6-25-17-23-4-1-5-24-17/h2-3,8,13,28H,1,4-7,9-10H2,(H,26,29)(H,27,32)(H,30,31)(H2,23,24,25)/t13-/m0/s1. The number of benzene rings is 1. The normalized spacial score (nSPS) is 14.1. The van der Waals surface area contributed by atoms with Gasteiger partial charge in [0.05, 0.1) is 12.1 Å². The van der Waals surface area contributed by atoms with Crippen LogP contribution in [0, 0.1) is 0 Å². The van der Waals surface area contributed by atoms with Crippen LogP contribution < -0.4 is 26.0 Å². The summed E-state index contributed by atoms with van der Waals surface area (Å²) in [7, 11) is 0. The van der Waals surface area contributed by atoms with Gasteiger partial charge in [-0.15, -0.1) is 0 Å². The molecule has 0 spiro atoms. The highest BCUT2D eigenvalue weighted by Gasteiger charge is 2.26. The van der Waals surface area contributed by atoms with Crippen molar-refractivity contribution in [2.45, 2.75) is 16.3 Å². The van der Waals surface area contributed by atoms with Crippen molar-refractivity contribution in [3.8, 4) is 11.5 Å². The van der Waals surface area contributed by atoms with E-state index in [2.05, 4.69) is 25.7 Å². The SMILES string of the molecule is O=C(N[C@@H](CNC(=O)c1ccc(OCCNC2=NCCCN2)cc1O)C(=O)O)OCC(Cl)(Cl)Cl. The molecule has 1 atom stereocenters. The van der Waals surface area contributed by atoms with E-state index in [4.69, 9.17) is 39.5 Å². The third kappa shape index (κ3) is 9.98. The maximum Gasteiger partial charge on any atom is 0.408 e. The minimum atomic E-state index is -1.87. The number of phenolic OH excluding ortho intramolecular Hbond substituents is 1. The van der Waals surface area contributed by atoms with Crippen LogP contribution in [-0.4, -0.2) is 83.4 Å². The number of hydrogen-bond donors (Lipinski definition) is 6. The summed E-state index contributed by atoms with van der Waals surface area (Å²) < 4.78 is 8.26. The molecule has 0 unspecified atom stereocenters. The molecule has 6 N–H and O–H groups in total. The van der Waals surface area contributed by atoms with E-state index in [-0.39, 0.29) is 17.9 Å². The smallest absolute Gasteiger partial charge is 0.408 e. The highest BCUT2D eigenvalue weighted by atomic mass is 35.6. The van der Waals surface area contributed by atoms with Gasteiger partial charge in [0.2, 0.25) is 3.79 Å². The van der Waals surface area contributed by atoms with Crippen molar-refractivity contribution in [2.75, 3.05) is 39.4 Å². The largest absolute Gasteiger partial charge is 0.507 e. The summed E-state index contributed by atoms with van der Waals surface area (Å²) in [5, 5.41) is 29.9. The van der Waals surface area contributed by atoms with E-state index in [1.165, 1.54) is 18.2 Å². The number of alkyl carbamates (subject to hydrolysis) is 1. The second kappa shape index (κ2) is 13.2. The molecule has 2 amide bonds. The van der Waals surface area contributed by atoms with Crippen LogP contribution in [0.25, 0.3) is 0 Å². The van der Waals surface area contributed by atoms with Crippen LogP contribution in [-0.2, 0) is 9.53 Å². The van der Waals surface area contributed by atoms with Crippen LogP contribution in [0.15, 0.2) is 23.2 Å². The van der Waals surface area contributed by atoms with Gasteiger partial charge in [-0.3, -0.25) is 9.79 Å². The van der Waals surface area contributed by atoms with E-state index in [1.54, 1.807) is 0 Å². The summed E-state index contributed by atoms with van der Waals surface area (Å²) in [5.74, 6) is -1.55. The molecule has 1 heterocycles. The van der Waals surface area contributed by atoms with E-state index in [1.807, 2.05) is 5.32 Å². The lowest BCUT2D eigenvalue weighted by molar-refractivity contribution is -0.139. The molecular formula is C19H24Cl3N5O7. The second-order valence-electron chi connectivity index (χ2n) is 6.90. The first-order valence-electron chi connectivity index (χ1n) is 10.0. The third-order valence-corrected chi connectivity index (χ3v) is 4.53. The molecule has 0 saturated heterocycles. The Morgan fingerprint density at radius 1 is 1.26 bits per heavy atom. The number of aliphatic imine (C=N–C) groups is 1. The molecule has 188 valence electrons. The second-order valence-corrected chi connectivity index (χ2v) is 9.42. The van der Waals surface area contributed by atoms with E-state index in [0.717, 1.165) is 19.5 Å². The maximum atomic E-state index is 12.4. The number of hydrogen-bond acceptors (Lipinski definition) is 9. The number of guanidine groups is 1. The lowest BCUT2D eigenvalue weighted by Crippen LogP contribution is -2.48. The number of phenols is 1. The molecule has 1 aromatic carbocycles. The summed E-state index contributed by atoms with van der Waals surface area (Å²) >= 11 is 16.4. The number of nitrogens with zero attached hydrogens (tertiary/aromatic N) is 1. The summed E-state index contributed by atoms with van der Waals surface area (Å²) in [5.41, 5.74) is -0.117. The number of nitrogens with one attached hydrogen (secondary N) is 4. The third-order valence-electron chi connectivity index (χ3n) is 4.20. The maximum absolute atomic E-state index is 12.4. The Hall–Kier alpha value is -2.83. The molecule has 0 saturated carbocycles. The van der Waals surface area contributed by atoms with Crippen LogP contribution >= 0.6 is 34.8 Å². The number of halogens is 3. The Balaban J connectivity index is 1.81. The van der Waals surface area contributed by atoms with Crippen molar-refractivity contribution in [1.29, 1.82) is 0 Å². The minimum absolute atomic E-state index is 0.117. The number of alkyl halides is 3. The van der Waals surface area contributed by atoms with Crippen molar-refractivity contribution in [3.05, 3.63) is 23.8 Å². The first-order valence-corrected chi connectivity index (χ1v) is 11.2. The quantitative estimate of drug-likeness (QED) is 0.187. The van der Waals surface area contributed by atoms with E-state index in [9.17, 15) is 24.6 Å². The Kier molecular flexibility index (Phi) is 10.6. The molecule has 0 aromatic heterocycles. The highest BCUT2D eigenvalue weighted by Crippen LogP contribution is 2.26. The fraction of sp³-hybridized carbons (Fsp3) is 0.474. The summed E-state index contributed by atoms with van der Waals surface area (Å²) in [6.07, 6.45) is -0.169. The van der Waals surface area contributed by atoms with Gasteiger partial charge in [-0.25, -0.2) is 9.59 Å². The van der Waals surface area contributed by atoms with Gasteiger partial charge in [0.15, 0.2) is 5.96 Å². The first kappa shape index (κ1) is 27.4. The molecule has 2 rings (SSSR count). The van der Waals surface area contributed by atoms with Crippen molar-refractivity contribution in [3.63, 3.8) is 0 Å². The average Bonchev–Trinajstić information content (AvgIpc) is 2.78. The number of amides is 2. The van der Waals surface area contributed by atoms with Crippen LogP contribution in [0.5, 0.6) is 11.5 Å². The van der Waals surface area contributed by atoms with Crippen molar-refractivity contribution in [1.82, 2.24) is 21.3 Å².